The normalized spacial score (nSPS) is 14.0. The maximum Gasteiger partial charge on any atom is 0.220 e. The number of nitrogens with zero attached hydrogens (tertiary/aromatic N) is 2. The summed E-state index contributed by atoms with van der Waals surface area (Å²) in [5, 5.41) is 12.0. The summed E-state index contributed by atoms with van der Waals surface area (Å²) in [7, 11) is 0. The quantitative estimate of drug-likeness (QED) is 0.834. The van der Waals surface area contributed by atoms with E-state index in [2.05, 4.69) is 16.4 Å². The molecule has 1 heterocycles. The zero-order valence-electron chi connectivity index (χ0n) is 11.6. The number of aromatic nitrogens is 2. The van der Waals surface area contributed by atoms with E-state index in [1.165, 1.54) is 0 Å². The van der Waals surface area contributed by atoms with Crippen LogP contribution in [0.5, 0.6) is 0 Å². The lowest BCUT2D eigenvalue weighted by molar-refractivity contribution is -0.121. The third-order valence-electron chi connectivity index (χ3n) is 3.63. The molecule has 108 valence electrons. The first-order valence-electron chi connectivity index (χ1n) is 7.09. The number of nitrogens with one attached hydrogen (secondary N) is 2. The number of hydrogen-bond acceptors (Lipinski definition) is 3. The fraction of sp³-hybridized carbons (Fsp3) is 0.400. The Kier molecular flexibility index (Phi) is 3.76. The van der Waals surface area contributed by atoms with E-state index in [0.717, 1.165) is 30.3 Å². The Morgan fingerprint density at radius 1 is 1.52 bits per heavy atom. The molecule has 0 aliphatic heterocycles. The molecule has 1 aromatic heterocycles. The van der Waals surface area contributed by atoms with Crippen LogP contribution in [0.1, 0.15) is 31.2 Å². The van der Waals surface area contributed by atoms with Gasteiger partial charge in [0.1, 0.15) is 0 Å². The van der Waals surface area contributed by atoms with Crippen LogP contribution in [-0.4, -0.2) is 21.5 Å². The van der Waals surface area contributed by atoms with Crippen molar-refractivity contribution in [1.82, 2.24) is 14.9 Å². The van der Waals surface area contributed by atoms with Crippen LogP contribution in [0, 0.1) is 16.1 Å². The van der Waals surface area contributed by atoms with Crippen LogP contribution in [0.3, 0.4) is 0 Å². The summed E-state index contributed by atoms with van der Waals surface area (Å²) in [5.41, 5.74) is 2.44. The molecule has 1 aliphatic rings. The SMILES string of the molecule is N#Cc1ccc2[nH]c(=S)n(CCCC(=O)NC3CC3)c2c1. The number of imidazole rings is 1. The van der Waals surface area contributed by atoms with Gasteiger partial charge < -0.3 is 14.9 Å². The highest BCUT2D eigenvalue weighted by Crippen LogP contribution is 2.19. The molecule has 5 nitrogen and oxygen atoms in total. The van der Waals surface area contributed by atoms with Crippen molar-refractivity contribution in [3.8, 4) is 6.07 Å². The minimum atomic E-state index is 0.113. The average Bonchev–Trinajstić information content (AvgIpc) is 3.22. The molecule has 0 saturated heterocycles. The number of rotatable bonds is 5. The van der Waals surface area contributed by atoms with Crippen LogP contribution in [0.2, 0.25) is 0 Å². The number of H-pyrrole nitrogens is 1. The molecule has 0 bridgehead atoms. The molecule has 21 heavy (non-hydrogen) atoms. The number of aryl methyl sites for hydroxylation is 1. The molecule has 0 unspecified atom stereocenters. The van der Waals surface area contributed by atoms with Gasteiger partial charge in [-0.1, -0.05) is 0 Å². The second-order valence-corrected chi connectivity index (χ2v) is 5.76. The average molecular weight is 300 g/mol. The molecular formula is C15H16N4OS. The second kappa shape index (κ2) is 5.70. The van der Waals surface area contributed by atoms with Gasteiger partial charge in [0.05, 0.1) is 22.7 Å². The van der Waals surface area contributed by atoms with E-state index in [4.69, 9.17) is 17.5 Å². The molecular weight excluding hydrogens is 284 g/mol. The van der Waals surface area contributed by atoms with E-state index < -0.39 is 0 Å². The summed E-state index contributed by atoms with van der Waals surface area (Å²) in [4.78, 5) is 14.8. The largest absolute Gasteiger partial charge is 0.353 e. The van der Waals surface area contributed by atoms with E-state index in [0.29, 0.717) is 29.3 Å². The van der Waals surface area contributed by atoms with Crippen molar-refractivity contribution in [2.24, 2.45) is 0 Å². The summed E-state index contributed by atoms with van der Waals surface area (Å²) >= 11 is 5.32. The van der Waals surface area contributed by atoms with E-state index in [1.54, 1.807) is 6.07 Å². The molecule has 2 N–H and O–H groups in total. The van der Waals surface area contributed by atoms with Crippen molar-refractivity contribution in [1.29, 1.82) is 5.26 Å². The molecule has 1 fully saturated rings. The minimum absolute atomic E-state index is 0.113. The first kappa shape index (κ1) is 13.8. The van der Waals surface area contributed by atoms with Gasteiger partial charge in [0.15, 0.2) is 4.77 Å². The van der Waals surface area contributed by atoms with Crippen molar-refractivity contribution < 1.29 is 4.79 Å². The van der Waals surface area contributed by atoms with Crippen LogP contribution >= 0.6 is 12.2 Å². The molecule has 1 aromatic carbocycles. The van der Waals surface area contributed by atoms with Gasteiger partial charge in [-0.25, -0.2) is 0 Å². The van der Waals surface area contributed by atoms with E-state index >= 15 is 0 Å². The second-order valence-electron chi connectivity index (χ2n) is 5.37. The predicted octanol–water partition coefficient (Wildman–Crippen LogP) is 2.63. The zero-order chi connectivity index (χ0) is 14.8. The van der Waals surface area contributed by atoms with Crippen LogP contribution < -0.4 is 5.32 Å². The first-order chi connectivity index (χ1) is 10.2. The summed E-state index contributed by atoms with van der Waals surface area (Å²) in [6.45, 7) is 0.672. The Labute approximate surface area is 127 Å². The summed E-state index contributed by atoms with van der Waals surface area (Å²) in [5.74, 6) is 0.113. The molecule has 1 amide bonds. The van der Waals surface area contributed by atoms with Crippen LogP contribution in [0.4, 0.5) is 0 Å². The Hall–Kier alpha value is -2.13. The van der Waals surface area contributed by atoms with Crippen molar-refractivity contribution in [3.05, 3.63) is 28.5 Å². The monoisotopic (exact) mass is 300 g/mol. The number of hydrogen-bond donors (Lipinski definition) is 2. The van der Waals surface area contributed by atoms with Gasteiger partial charge in [-0.15, -0.1) is 0 Å². The zero-order valence-corrected chi connectivity index (χ0v) is 12.4. The van der Waals surface area contributed by atoms with E-state index in [-0.39, 0.29) is 5.91 Å². The first-order valence-corrected chi connectivity index (χ1v) is 7.50. The fourth-order valence-corrected chi connectivity index (χ4v) is 2.67. The highest BCUT2D eigenvalue weighted by molar-refractivity contribution is 7.71. The number of nitriles is 1. The lowest BCUT2D eigenvalue weighted by Crippen LogP contribution is -2.25. The molecule has 3 rings (SSSR count). The van der Waals surface area contributed by atoms with Crippen molar-refractivity contribution in [2.75, 3.05) is 0 Å². The maximum atomic E-state index is 11.7. The van der Waals surface area contributed by atoms with Gasteiger partial charge in [-0.05, 0) is 49.7 Å². The van der Waals surface area contributed by atoms with Gasteiger partial charge in [0, 0.05) is 19.0 Å². The van der Waals surface area contributed by atoms with Gasteiger partial charge in [0.25, 0.3) is 0 Å². The number of fused-ring (bicyclic) bond motifs is 1. The lowest BCUT2D eigenvalue weighted by atomic mass is 10.2. The topological polar surface area (TPSA) is 73.6 Å². The van der Waals surface area contributed by atoms with Gasteiger partial charge >= 0.3 is 0 Å². The van der Waals surface area contributed by atoms with Gasteiger partial charge in [-0.3, -0.25) is 4.79 Å². The Balaban J connectivity index is 1.70. The Morgan fingerprint density at radius 2 is 2.33 bits per heavy atom. The number of aromatic amines is 1. The lowest BCUT2D eigenvalue weighted by Gasteiger charge is -2.05. The molecule has 0 radical (unpaired) electrons. The third-order valence-corrected chi connectivity index (χ3v) is 3.95. The van der Waals surface area contributed by atoms with E-state index in [1.807, 2.05) is 16.7 Å². The number of carbonyl (C=O) groups excluding carboxylic acids is 1. The molecule has 2 aromatic rings. The standard InChI is InChI=1S/C15H16N4OS/c16-9-10-3-6-12-13(8-10)19(15(21)18-12)7-1-2-14(20)17-11-4-5-11/h3,6,8,11H,1-2,4-5,7H2,(H,17,20)(H,18,21). The minimum Gasteiger partial charge on any atom is -0.353 e. The molecule has 1 saturated carbocycles. The number of carbonyl (C=O) groups is 1. The smallest absolute Gasteiger partial charge is 0.220 e. The van der Waals surface area contributed by atoms with Gasteiger partial charge in [0.2, 0.25) is 5.91 Å². The summed E-state index contributed by atoms with van der Waals surface area (Å²) in [6.07, 6.45) is 3.45. The molecule has 6 heteroatoms. The maximum absolute atomic E-state index is 11.7. The van der Waals surface area contributed by atoms with E-state index in [9.17, 15) is 4.79 Å². The van der Waals surface area contributed by atoms with Crippen LogP contribution in [-0.2, 0) is 11.3 Å². The fourth-order valence-electron chi connectivity index (χ4n) is 2.37. The highest BCUT2D eigenvalue weighted by Gasteiger charge is 2.22. The van der Waals surface area contributed by atoms with Crippen LogP contribution in [0.15, 0.2) is 18.2 Å². The number of benzene rings is 1. The molecule has 0 atom stereocenters. The molecule has 0 spiro atoms. The number of amides is 1. The van der Waals surface area contributed by atoms with Crippen LogP contribution in [0.25, 0.3) is 11.0 Å². The highest BCUT2D eigenvalue weighted by atomic mass is 32.1. The summed E-state index contributed by atoms with van der Waals surface area (Å²) in [6, 6.07) is 7.99. The van der Waals surface area contributed by atoms with Crippen molar-refractivity contribution >= 4 is 29.2 Å². The summed E-state index contributed by atoms with van der Waals surface area (Å²) < 4.78 is 2.58. The predicted molar refractivity (Wildman–Crippen MR) is 82.2 cm³/mol. The van der Waals surface area contributed by atoms with Gasteiger partial charge in [-0.2, -0.15) is 5.26 Å². The molecule has 1 aliphatic carbocycles. The van der Waals surface area contributed by atoms with Crippen molar-refractivity contribution in [3.63, 3.8) is 0 Å². The van der Waals surface area contributed by atoms with Crippen molar-refractivity contribution in [2.45, 2.75) is 38.3 Å². The Morgan fingerprint density at radius 3 is 3.05 bits per heavy atom. The third kappa shape index (κ3) is 3.14. The Bertz CT molecular complexity index is 779.